The first-order valence-electron chi connectivity index (χ1n) is 6.64. The highest BCUT2D eigenvalue weighted by molar-refractivity contribution is 7.85. The summed E-state index contributed by atoms with van der Waals surface area (Å²) in [6, 6.07) is 0.429. The van der Waals surface area contributed by atoms with E-state index < -0.39 is 10.1 Å². The minimum atomic E-state index is -3.79. The highest BCUT2D eigenvalue weighted by atomic mass is 32.2. The van der Waals surface area contributed by atoms with Crippen LogP contribution in [0.4, 0.5) is 0 Å². The van der Waals surface area contributed by atoms with Crippen molar-refractivity contribution < 1.29 is 13.0 Å². The van der Waals surface area contributed by atoms with Gasteiger partial charge in [0.05, 0.1) is 5.75 Å². The molecule has 5 heteroatoms. The van der Waals surface area contributed by atoms with E-state index >= 15 is 0 Å². The molecule has 0 amide bonds. The molecule has 0 saturated heterocycles. The van der Waals surface area contributed by atoms with Crippen LogP contribution in [-0.2, 0) is 10.1 Å². The second-order valence-corrected chi connectivity index (χ2v) is 6.27. The van der Waals surface area contributed by atoms with Gasteiger partial charge >= 0.3 is 0 Å². The van der Waals surface area contributed by atoms with Crippen molar-refractivity contribution in [3.05, 3.63) is 0 Å². The molecule has 0 spiro atoms. The summed E-state index contributed by atoms with van der Waals surface area (Å²) in [5.74, 6) is -0.150. The lowest BCUT2D eigenvalue weighted by Crippen LogP contribution is -2.28. The van der Waals surface area contributed by atoms with E-state index in [1.807, 2.05) is 0 Å². The first-order valence-corrected chi connectivity index (χ1v) is 8.25. The number of rotatable bonds is 11. The largest absolute Gasteiger partial charge is 0.314 e. The summed E-state index contributed by atoms with van der Waals surface area (Å²) < 4.78 is 29.5. The summed E-state index contributed by atoms with van der Waals surface area (Å²) in [5.41, 5.74) is 0. The Morgan fingerprint density at radius 2 is 1.76 bits per heavy atom. The Balaban J connectivity index is 3.32. The quantitative estimate of drug-likeness (QED) is 0.445. The lowest BCUT2D eigenvalue weighted by Gasteiger charge is -2.13. The molecule has 1 unspecified atom stereocenters. The zero-order valence-electron chi connectivity index (χ0n) is 11.1. The second kappa shape index (κ2) is 9.85. The molecule has 0 fully saturated rings. The van der Waals surface area contributed by atoms with Crippen molar-refractivity contribution in [1.29, 1.82) is 0 Å². The Kier molecular flexibility index (Phi) is 9.78. The van der Waals surface area contributed by atoms with Gasteiger partial charge in [-0.1, -0.05) is 39.0 Å². The van der Waals surface area contributed by atoms with Gasteiger partial charge in [-0.15, -0.1) is 0 Å². The van der Waals surface area contributed by atoms with E-state index in [9.17, 15) is 8.42 Å². The Hall–Kier alpha value is -0.130. The molecule has 0 aromatic carbocycles. The van der Waals surface area contributed by atoms with Crippen molar-refractivity contribution in [1.82, 2.24) is 5.32 Å². The second-order valence-electron chi connectivity index (χ2n) is 4.70. The minimum absolute atomic E-state index is 0.150. The molecule has 0 aliphatic carbocycles. The Bertz CT molecular complexity index is 265. The van der Waals surface area contributed by atoms with Crippen molar-refractivity contribution in [3.8, 4) is 0 Å². The van der Waals surface area contributed by atoms with E-state index in [0.29, 0.717) is 19.0 Å². The highest BCUT2D eigenvalue weighted by Crippen LogP contribution is 2.06. The summed E-state index contributed by atoms with van der Waals surface area (Å²) in [6.45, 7) is 4.97. The molecule has 4 nitrogen and oxygen atoms in total. The van der Waals surface area contributed by atoms with E-state index in [4.69, 9.17) is 4.55 Å². The van der Waals surface area contributed by atoms with Gasteiger partial charge in [-0.05, 0) is 26.3 Å². The third-order valence-electron chi connectivity index (χ3n) is 2.81. The zero-order valence-corrected chi connectivity index (χ0v) is 11.9. The van der Waals surface area contributed by atoms with Crippen LogP contribution in [0.25, 0.3) is 0 Å². The molecule has 17 heavy (non-hydrogen) atoms. The van der Waals surface area contributed by atoms with E-state index in [1.54, 1.807) is 0 Å². The molecule has 0 aromatic heterocycles. The molecule has 0 bridgehead atoms. The van der Waals surface area contributed by atoms with Crippen molar-refractivity contribution in [2.75, 3.05) is 12.3 Å². The van der Waals surface area contributed by atoms with Gasteiger partial charge < -0.3 is 5.32 Å². The summed E-state index contributed by atoms with van der Waals surface area (Å²) in [7, 11) is -3.79. The lowest BCUT2D eigenvalue weighted by atomic mass is 10.1. The number of hydrogen-bond donors (Lipinski definition) is 2. The van der Waals surface area contributed by atoms with Crippen LogP contribution < -0.4 is 5.32 Å². The first kappa shape index (κ1) is 16.9. The maximum absolute atomic E-state index is 10.5. The smallest absolute Gasteiger partial charge is 0.264 e. The third kappa shape index (κ3) is 13.8. The van der Waals surface area contributed by atoms with Crippen molar-refractivity contribution >= 4 is 10.1 Å². The molecule has 104 valence electrons. The predicted molar refractivity (Wildman–Crippen MR) is 71.9 cm³/mol. The fourth-order valence-corrected chi connectivity index (χ4v) is 2.27. The summed E-state index contributed by atoms with van der Waals surface area (Å²) in [6.07, 6.45) is 8.01. The summed E-state index contributed by atoms with van der Waals surface area (Å²) in [4.78, 5) is 0. The van der Waals surface area contributed by atoms with E-state index in [2.05, 4.69) is 19.2 Å². The van der Waals surface area contributed by atoms with Gasteiger partial charge in [0, 0.05) is 6.04 Å². The van der Waals surface area contributed by atoms with Gasteiger partial charge in [0.15, 0.2) is 0 Å². The molecule has 2 N–H and O–H groups in total. The molecule has 0 aromatic rings. The van der Waals surface area contributed by atoms with Crippen LogP contribution in [0.2, 0.25) is 0 Å². The molecular weight excluding hydrogens is 238 g/mol. The van der Waals surface area contributed by atoms with Gasteiger partial charge in [0.25, 0.3) is 10.1 Å². The zero-order chi connectivity index (χ0) is 13.1. The van der Waals surface area contributed by atoms with Gasteiger partial charge in [-0.25, -0.2) is 0 Å². The SMILES string of the molecule is CCCCCCCC(C)NCCCS(=O)(=O)O. The van der Waals surface area contributed by atoms with E-state index in [1.165, 1.54) is 32.1 Å². The third-order valence-corrected chi connectivity index (χ3v) is 3.62. The monoisotopic (exact) mass is 265 g/mol. The predicted octanol–water partition coefficient (Wildman–Crippen LogP) is 2.60. The van der Waals surface area contributed by atoms with E-state index in [0.717, 1.165) is 6.42 Å². The average molecular weight is 265 g/mol. The maximum Gasteiger partial charge on any atom is 0.264 e. The van der Waals surface area contributed by atoms with Gasteiger partial charge in [-0.3, -0.25) is 4.55 Å². The lowest BCUT2D eigenvalue weighted by molar-refractivity contribution is 0.465. The molecule has 0 aliphatic rings. The van der Waals surface area contributed by atoms with Crippen molar-refractivity contribution in [2.24, 2.45) is 0 Å². The molecular formula is C12H27NO3S. The van der Waals surface area contributed by atoms with E-state index in [-0.39, 0.29) is 5.75 Å². The van der Waals surface area contributed by atoms with Crippen LogP contribution in [-0.4, -0.2) is 31.3 Å². The van der Waals surface area contributed by atoms with Crippen molar-refractivity contribution in [2.45, 2.75) is 64.8 Å². The fourth-order valence-electron chi connectivity index (χ4n) is 1.76. The summed E-state index contributed by atoms with van der Waals surface area (Å²) >= 11 is 0. The highest BCUT2D eigenvalue weighted by Gasteiger charge is 2.05. The van der Waals surface area contributed by atoms with Crippen LogP contribution in [0.1, 0.15) is 58.8 Å². The van der Waals surface area contributed by atoms with Gasteiger partial charge in [-0.2, -0.15) is 8.42 Å². The van der Waals surface area contributed by atoms with Gasteiger partial charge in [0.2, 0.25) is 0 Å². The topological polar surface area (TPSA) is 66.4 Å². The number of nitrogens with one attached hydrogen (secondary N) is 1. The van der Waals surface area contributed by atoms with Crippen LogP contribution in [0.3, 0.4) is 0 Å². The van der Waals surface area contributed by atoms with Crippen LogP contribution in [0.5, 0.6) is 0 Å². The Morgan fingerprint density at radius 1 is 1.12 bits per heavy atom. The molecule has 0 aliphatic heterocycles. The van der Waals surface area contributed by atoms with Gasteiger partial charge in [0.1, 0.15) is 0 Å². The average Bonchev–Trinajstić information content (AvgIpc) is 2.23. The normalized spacial score (nSPS) is 13.8. The molecule has 1 atom stereocenters. The van der Waals surface area contributed by atoms with Crippen LogP contribution in [0.15, 0.2) is 0 Å². The minimum Gasteiger partial charge on any atom is -0.314 e. The molecule has 0 saturated carbocycles. The molecule has 0 rings (SSSR count). The van der Waals surface area contributed by atoms with Crippen LogP contribution >= 0.6 is 0 Å². The molecule has 0 radical (unpaired) electrons. The fraction of sp³-hybridized carbons (Fsp3) is 1.00. The molecule has 0 heterocycles. The van der Waals surface area contributed by atoms with Crippen LogP contribution in [0, 0.1) is 0 Å². The summed E-state index contributed by atoms with van der Waals surface area (Å²) in [5, 5.41) is 3.27. The Labute approximate surface area is 106 Å². The number of unbranched alkanes of at least 4 members (excludes halogenated alkanes) is 4. The number of hydrogen-bond acceptors (Lipinski definition) is 3. The first-order chi connectivity index (χ1) is 7.95. The Morgan fingerprint density at radius 3 is 2.35 bits per heavy atom. The van der Waals surface area contributed by atoms with Crippen molar-refractivity contribution in [3.63, 3.8) is 0 Å². The standard InChI is InChI=1S/C12H27NO3S/c1-3-4-5-6-7-9-12(2)13-10-8-11-17(14,15)16/h12-13H,3-11H2,1-2H3,(H,14,15,16). The maximum atomic E-state index is 10.5.